The zero-order valence-corrected chi connectivity index (χ0v) is 11.2. The van der Waals surface area contributed by atoms with E-state index in [1.54, 1.807) is 4.90 Å². The number of hydrogen-bond acceptors (Lipinski definition) is 2. The summed E-state index contributed by atoms with van der Waals surface area (Å²) in [5.41, 5.74) is -0.182. The molecule has 1 aliphatic rings. The number of carbonyl (C=O) groups excluding carboxylic acids is 1. The molecule has 104 valence electrons. The van der Waals surface area contributed by atoms with Gasteiger partial charge >= 0.3 is 0 Å². The summed E-state index contributed by atoms with van der Waals surface area (Å²) in [6.45, 7) is 6.83. The van der Waals surface area contributed by atoms with Crippen molar-refractivity contribution in [3.05, 3.63) is 35.4 Å². The van der Waals surface area contributed by atoms with Crippen LogP contribution in [0.15, 0.2) is 18.2 Å². The molecule has 1 heterocycles. The normalized spacial score (nSPS) is 17.0. The summed E-state index contributed by atoms with van der Waals surface area (Å²) in [6.07, 6.45) is 0. The fourth-order valence-electron chi connectivity index (χ4n) is 2.28. The molecule has 1 aromatic rings. The minimum absolute atomic E-state index is 0.182. The maximum absolute atomic E-state index is 13.6. The molecular formula is C14H18F2N2O. The Morgan fingerprint density at radius 3 is 2.37 bits per heavy atom. The first-order valence-electron chi connectivity index (χ1n) is 6.48. The van der Waals surface area contributed by atoms with E-state index in [1.807, 2.05) is 0 Å². The van der Waals surface area contributed by atoms with E-state index < -0.39 is 17.5 Å². The largest absolute Gasteiger partial charge is 0.336 e. The molecule has 5 heteroatoms. The van der Waals surface area contributed by atoms with Crippen molar-refractivity contribution in [3.8, 4) is 0 Å². The Bertz CT molecular complexity index is 469. The standard InChI is InChI=1S/C14H18F2N2O/c1-10(2)17-6-8-18(9-7-17)14(19)11-4-3-5-12(15)13(11)16/h3-5,10H,6-9H2,1-2H3. The fourth-order valence-corrected chi connectivity index (χ4v) is 2.28. The molecule has 1 fully saturated rings. The Morgan fingerprint density at radius 2 is 1.79 bits per heavy atom. The molecule has 0 radical (unpaired) electrons. The van der Waals surface area contributed by atoms with Gasteiger partial charge in [-0.2, -0.15) is 0 Å². The number of halogens is 2. The molecule has 0 aliphatic carbocycles. The molecular weight excluding hydrogens is 250 g/mol. The van der Waals surface area contributed by atoms with Crippen LogP contribution in [0.1, 0.15) is 24.2 Å². The lowest BCUT2D eigenvalue weighted by molar-refractivity contribution is 0.0590. The summed E-state index contributed by atoms with van der Waals surface area (Å²) in [6, 6.07) is 4.14. The van der Waals surface area contributed by atoms with Crippen molar-refractivity contribution in [1.29, 1.82) is 0 Å². The van der Waals surface area contributed by atoms with Gasteiger partial charge < -0.3 is 4.90 Å². The number of piperazine rings is 1. The highest BCUT2D eigenvalue weighted by molar-refractivity contribution is 5.94. The summed E-state index contributed by atoms with van der Waals surface area (Å²) < 4.78 is 26.7. The van der Waals surface area contributed by atoms with Crippen LogP contribution in [0.2, 0.25) is 0 Å². The molecule has 0 bridgehead atoms. The predicted octanol–water partition coefficient (Wildman–Crippen LogP) is 2.13. The average Bonchev–Trinajstić information content (AvgIpc) is 2.41. The summed E-state index contributed by atoms with van der Waals surface area (Å²) in [7, 11) is 0. The number of hydrogen-bond donors (Lipinski definition) is 0. The minimum atomic E-state index is -1.06. The Kier molecular flexibility index (Phi) is 4.14. The SMILES string of the molecule is CC(C)N1CCN(C(=O)c2cccc(F)c2F)CC1. The van der Waals surface area contributed by atoms with E-state index in [0.717, 1.165) is 19.2 Å². The van der Waals surface area contributed by atoms with E-state index >= 15 is 0 Å². The quantitative estimate of drug-likeness (QED) is 0.820. The van der Waals surface area contributed by atoms with Gasteiger partial charge in [0.1, 0.15) is 0 Å². The van der Waals surface area contributed by atoms with Crippen molar-refractivity contribution in [1.82, 2.24) is 9.80 Å². The van der Waals surface area contributed by atoms with Gasteiger partial charge in [0.15, 0.2) is 11.6 Å². The third-order valence-electron chi connectivity index (χ3n) is 3.51. The molecule has 1 saturated heterocycles. The Labute approximate surface area is 111 Å². The first-order chi connectivity index (χ1) is 9.00. The van der Waals surface area contributed by atoms with Crippen LogP contribution in [0, 0.1) is 11.6 Å². The molecule has 3 nitrogen and oxygen atoms in total. The second-order valence-electron chi connectivity index (χ2n) is 5.02. The smallest absolute Gasteiger partial charge is 0.257 e. The molecule has 2 rings (SSSR count). The van der Waals surface area contributed by atoms with Crippen molar-refractivity contribution in [3.63, 3.8) is 0 Å². The average molecular weight is 268 g/mol. The van der Waals surface area contributed by atoms with Crippen molar-refractivity contribution in [2.45, 2.75) is 19.9 Å². The van der Waals surface area contributed by atoms with E-state index in [2.05, 4.69) is 18.7 Å². The van der Waals surface area contributed by atoms with Crippen molar-refractivity contribution in [2.75, 3.05) is 26.2 Å². The zero-order chi connectivity index (χ0) is 14.0. The van der Waals surface area contributed by atoms with Gasteiger partial charge in [0.05, 0.1) is 5.56 Å². The van der Waals surface area contributed by atoms with Crippen LogP contribution in [-0.2, 0) is 0 Å². The van der Waals surface area contributed by atoms with Gasteiger partial charge in [-0.3, -0.25) is 9.69 Å². The first-order valence-corrected chi connectivity index (χ1v) is 6.48. The minimum Gasteiger partial charge on any atom is -0.336 e. The number of rotatable bonds is 2. The van der Waals surface area contributed by atoms with Crippen LogP contribution in [-0.4, -0.2) is 47.9 Å². The van der Waals surface area contributed by atoms with Crippen LogP contribution in [0.3, 0.4) is 0 Å². The van der Waals surface area contributed by atoms with Crippen LogP contribution in [0.5, 0.6) is 0 Å². The molecule has 19 heavy (non-hydrogen) atoms. The molecule has 1 aromatic carbocycles. The molecule has 0 atom stereocenters. The van der Waals surface area contributed by atoms with Gasteiger partial charge in [-0.05, 0) is 26.0 Å². The third-order valence-corrected chi connectivity index (χ3v) is 3.51. The second-order valence-corrected chi connectivity index (χ2v) is 5.02. The Balaban J connectivity index is 2.07. The number of amides is 1. The maximum Gasteiger partial charge on any atom is 0.257 e. The molecule has 0 spiro atoms. The highest BCUT2D eigenvalue weighted by atomic mass is 19.2. The lowest BCUT2D eigenvalue weighted by Crippen LogP contribution is -2.50. The summed E-state index contributed by atoms with van der Waals surface area (Å²) in [5, 5.41) is 0. The van der Waals surface area contributed by atoms with Gasteiger partial charge in [0.2, 0.25) is 0 Å². The van der Waals surface area contributed by atoms with Crippen LogP contribution >= 0.6 is 0 Å². The predicted molar refractivity (Wildman–Crippen MR) is 69.0 cm³/mol. The molecule has 1 amide bonds. The highest BCUT2D eigenvalue weighted by Gasteiger charge is 2.25. The van der Waals surface area contributed by atoms with Crippen LogP contribution in [0.25, 0.3) is 0 Å². The van der Waals surface area contributed by atoms with Gasteiger partial charge in [-0.1, -0.05) is 6.07 Å². The monoisotopic (exact) mass is 268 g/mol. The van der Waals surface area contributed by atoms with Gasteiger partial charge in [0.25, 0.3) is 5.91 Å². The topological polar surface area (TPSA) is 23.6 Å². The van der Waals surface area contributed by atoms with Crippen LogP contribution in [0.4, 0.5) is 8.78 Å². The zero-order valence-electron chi connectivity index (χ0n) is 11.2. The second kappa shape index (κ2) is 5.65. The van der Waals surface area contributed by atoms with Gasteiger partial charge in [-0.25, -0.2) is 8.78 Å². The number of carbonyl (C=O) groups is 1. The van der Waals surface area contributed by atoms with Crippen molar-refractivity contribution < 1.29 is 13.6 Å². The molecule has 0 aromatic heterocycles. The van der Waals surface area contributed by atoms with E-state index in [4.69, 9.17) is 0 Å². The summed E-state index contributed by atoms with van der Waals surface area (Å²) in [5.74, 6) is -2.47. The summed E-state index contributed by atoms with van der Waals surface area (Å²) in [4.78, 5) is 16.0. The number of nitrogens with zero attached hydrogens (tertiary/aromatic N) is 2. The van der Waals surface area contributed by atoms with E-state index in [-0.39, 0.29) is 5.56 Å². The molecule has 0 saturated carbocycles. The maximum atomic E-state index is 13.6. The first kappa shape index (κ1) is 13.9. The molecule has 1 aliphatic heterocycles. The van der Waals surface area contributed by atoms with E-state index in [0.29, 0.717) is 19.1 Å². The Morgan fingerprint density at radius 1 is 1.16 bits per heavy atom. The van der Waals surface area contributed by atoms with Crippen LogP contribution < -0.4 is 0 Å². The highest BCUT2D eigenvalue weighted by Crippen LogP contribution is 2.15. The summed E-state index contributed by atoms with van der Waals surface area (Å²) >= 11 is 0. The molecule has 0 unspecified atom stereocenters. The molecule has 0 N–H and O–H groups in total. The third kappa shape index (κ3) is 2.92. The van der Waals surface area contributed by atoms with Crippen molar-refractivity contribution >= 4 is 5.91 Å². The Hall–Kier alpha value is -1.49. The number of benzene rings is 1. The van der Waals surface area contributed by atoms with Gasteiger partial charge in [-0.15, -0.1) is 0 Å². The fraction of sp³-hybridized carbons (Fsp3) is 0.500. The van der Waals surface area contributed by atoms with Crippen molar-refractivity contribution in [2.24, 2.45) is 0 Å². The lowest BCUT2D eigenvalue weighted by Gasteiger charge is -2.37. The van der Waals surface area contributed by atoms with Gasteiger partial charge in [0, 0.05) is 32.2 Å². The lowest BCUT2D eigenvalue weighted by atomic mass is 10.1. The van der Waals surface area contributed by atoms with E-state index in [9.17, 15) is 13.6 Å². The van der Waals surface area contributed by atoms with E-state index in [1.165, 1.54) is 12.1 Å².